The Morgan fingerprint density at radius 2 is 2.10 bits per heavy atom. The maximum absolute atomic E-state index is 10.2. The molecule has 0 saturated carbocycles. The molecule has 1 atom stereocenters. The molecule has 2 heterocycles. The molecule has 1 unspecified atom stereocenters. The van der Waals surface area contributed by atoms with Gasteiger partial charge in [0.2, 0.25) is 0 Å². The highest BCUT2D eigenvalue weighted by atomic mass is 16.3. The van der Waals surface area contributed by atoms with Crippen LogP contribution in [0.2, 0.25) is 0 Å². The third-order valence-corrected chi connectivity index (χ3v) is 4.37. The normalized spacial score (nSPS) is 24.9. The van der Waals surface area contributed by atoms with Crippen LogP contribution in [0.5, 0.6) is 0 Å². The minimum Gasteiger partial charge on any atom is -0.393 e. The number of nitrogens with one attached hydrogen (secondary N) is 1. The van der Waals surface area contributed by atoms with Crippen molar-refractivity contribution in [2.24, 2.45) is 0 Å². The monoisotopic (exact) mass is 274 g/mol. The standard InChI is InChI=1S/C16H22N2O2/c19-12-16(20)6-2-9-18(10-7-16)11-14-4-1-3-13-5-8-17-15(13)14/h1,3-5,8,17,19-20H,2,6-7,9-12H2. The van der Waals surface area contributed by atoms with Gasteiger partial charge in [0.25, 0.3) is 0 Å². The molecular weight excluding hydrogens is 252 g/mol. The van der Waals surface area contributed by atoms with Crippen LogP contribution in [0.3, 0.4) is 0 Å². The molecule has 1 aromatic heterocycles. The van der Waals surface area contributed by atoms with E-state index in [1.54, 1.807) is 0 Å². The largest absolute Gasteiger partial charge is 0.393 e. The molecule has 4 nitrogen and oxygen atoms in total. The summed E-state index contributed by atoms with van der Waals surface area (Å²) in [6.07, 6.45) is 4.23. The number of H-pyrrole nitrogens is 1. The van der Waals surface area contributed by atoms with Gasteiger partial charge in [-0.1, -0.05) is 18.2 Å². The van der Waals surface area contributed by atoms with Gasteiger partial charge in [-0.15, -0.1) is 0 Å². The first-order valence-corrected chi connectivity index (χ1v) is 7.31. The summed E-state index contributed by atoms with van der Waals surface area (Å²) >= 11 is 0. The van der Waals surface area contributed by atoms with E-state index in [0.717, 1.165) is 26.1 Å². The molecule has 1 saturated heterocycles. The second-order valence-electron chi connectivity index (χ2n) is 5.87. The van der Waals surface area contributed by atoms with Crippen LogP contribution in [-0.2, 0) is 6.54 Å². The van der Waals surface area contributed by atoms with E-state index < -0.39 is 5.60 Å². The molecule has 20 heavy (non-hydrogen) atoms. The molecule has 0 bridgehead atoms. The Morgan fingerprint density at radius 3 is 2.95 bits per heavy atom. The van der Waals surface area contributed by atoms with Crippen molar-refractivity contribution in [3.63, 3.8) is 0 Å². The topological polar surface area (TPSA) is 59.5 Å². The smallest absolute Gasteiger partial charge is 0.0890 e. The highest BCUT2D eigenvalue weighted by molar-refractivity contribution is 5.82. The molecule has 108 valence electrons. The van der Waals surface area contributed by atoms with Gasteiger partial charge in [-0.2, -0.15) is 0 Å². The number of benzene rings is 1. The fraction of sp³-hybridized carbons (Fsp3) is 0.500. The molecule has 0 radical (unpaired) electrons. The number of aromatic amines is 1. The number of hydrogen-bond acceptors (Lipinski definition) is 3. The Labute approximate surface area is 119 Å². The van der Waals surface area contributed by atoms with E-state index >= 15 is 0 Å². The molecule has 1 aliphatic rings. The van der Waals surface area contributed by atoms with Crippen molar-refractivity contribution in [1.29, 1.82) is 0 Å². The minimum absolute atomic E-state index is 0.132. The Kier molecular flexibility index (Phi) is 3.78. The summed E-state index contributed by atoms with van der Waals surface area (Å²) in [5.41, 5.74) is 1.61. The average Bonchev–Trinajstić information content (AvgIpc) is 2.86. The van der Waals surface area contributed by atoms with Crippen LogP contribution in [0, 0.1) is 0 Å². The Bertz CT molecular complexity index is 581. The van der Waals surface area contributed by atoms with Crippen LogP contribution in [-0.4, -0.2) is 45.4 Å². The molecule has 1 aromatic carbocycles. The van der Waals surface area contributed by atoms with Crippen molar-refractivity contribution in [3.8, 4) is 0 Å². The second-order valence-corrected chi connectivity index (χ2v) is 5.87. The number of aliphatic hydroxyl groups excluding tert-OH is 1. The van der Waals surface area contributed by atoms with Crippen molar-refractivity contribution >= 4 is 10.9 Å². The highest BCUT2D eigenvalue weighted by Crippen LogP contribution is 2.24. The summed E-state index contributed by atoms with van der Waals surface area (Å²) in [5.74, 6) is 0. The first-order valence-electron chi connectivity index (χ1n) is 7.31. The van der Waals surface area contributed by atoms with Crippen LogP contribution < -0.4 is 0 Å². The van der Waals surface area contributed by atoms with E-state index in [0.29, 0.717) is 12.8 Å². The van der Waals surface area contributed by atoms with E-state index in [-0.39, 0.29) is 6.61 Å². The molecule has 4 heteroatoms. The number of fused-ring (bicyclic) bond motifs is 1. The lowest BCUT2D eigenvalue weighted by atomic mass is 9.96. The van der Waals surface area contributed by atoms with Gasteiger partial charge < -0.3 is 15.2 Å². The first-order chi connectivity index (χ1) is 9.70. The molecule has 1 fully saturated rings. The second kappa shape index (κ2) is 5.56. The van der Waals surface area contributed by atoms with Crippen LogP contribution >= 0.6 is 0 Å². The fourth-order valence-corrected chi connectivity index (χ4v) is 3.07. The van der Waals surface area contributed by atoms with E-state index in [1.165, 1.54) is 16.5 Å². The first kappa shape index (κ1) is 13.6. The number of nitrogens with zero attached hydrogens (tertiary/aromatic N) is 1. The van der Waals surface area contributed by atoms with E-state index in [4.69, 9.17) is 0 Å². The zero-order valence-electron chi connectivity index (χ0n) is 11.7. The van der Waals surface area contributed by atoms with Crippen LogP contribution in [0.15, 0.2) is 30.5 Å². The summed E-state index contributed by atoms with van der Waals surface area (Å²) in [6.45, 7) is 2.56. The Hall–Kier alpha value is -1.36. The van der Waals surface area contributed by atoms with Gasteiger partial charge >= 0.3 is 0 Å². The summed E-state index contributed by atoms with van der Waals surface area (Å²) in [6, 6.07) is 8.45. The summed E-state index contributed by atoms with van der Waals surface area (Å²) < 4.78 is 0. The van der Waals surface area contributed by atoms with Gasteiger partial charge in [0.15, 0.2) is 0 Å². The number of aromatic nitrogens is 1. The highest BCUT2D eigenvalue weighted by Gasteiger charge is 2.29. The molecule has 0 amide bonds. The molecule has 1 aliphatic heterocycles. The van der Waals surface area contributed by atoms with Crippen molar-refractivity contribution in [2.45, 2.75) is 31.4 Å². The van der Waals surface area contributed by atoms with Gasteiger partial charge in [-0.25, -0.2) is 0 Å². The van der Waals surface area contributed by atoms with Gasteiger partial charge in [0.1, 0.15) is 0 Å². The number of para-hydroxylation sites is 1. The van der Waals surface area contributed by atoms with Crippen molar-refractivity contribution in [2.75, 3.05) is 19.7 Å². The molecule has 0 aliphatic carbocycles. The van der Waals surface area contributed by atoms with Crippen molar-refractivity contribution in [1.82, 2.24) is 9.88 Å². The SMILES string of the molecule is OCC1(O)CCCN(Cc2cccc3cc[nH]c23)CC1. The number of likely N-dealkylation sites (tertiary alicyclic amines) is 1. The molecule has 3 N–H and O–H groups in total. The lowest BCUT2D eigenvalue weighted by molar-refractivity contribution is -0.0255. The van der Waals surface area contributed by atoms with Crippen LogP contribution in [0.25, 0.3) is 10.9 Å². The lowest BCUT2D eigenvalue weighted by Gasteiger charge is -2.24. The lowest BCUT2D eigenvalue weighted by Crippen LogP contribution is -2.34. The van der Waals surface area contributed by atoms with Gasteiger partial charge in [-0.3, -0.25) is 4.90 Å². The van der Waals surface area contributed by atoms with Gasteiger partial charge in [0.05, 0.1) is 12.2 Å². The van der Waals surface area contributed by atoms with Crippen LogP contribution in [0.1, 0.15) is 24.8 Å². The summed E-state index contributed by atoms with van der Waals surface area (Å²) in [7, 11) is 0. The zero-order valence-corrected chi connectivity index (χ0v) is 11.7. The Morgan fingerprint density at radius 1 is 1.20 bits per heavy atom. The minimum atomic E-state index is -0.882. The van der Waals surface area contributed by atoms with Gasteiger partial charge in [-0.05, 0) is 42.8 Å². The predicted octanol–water partition coefficient (Wildman–Crippen LogP) is 1.88. The van der Waals surface area contributed by atoms with Crippen LogP contribution in [0.4, 0.5) is 0 Å². The number of rotatable bonds is 3. The van der Waals surface area contributed by atoms with Crippen molar-refractivity contribution in [3.05, 3.63) is 36.0 Å². The third-order valence-electron chi connectivity index (χ3n) is 4.37. The van der Waals surface area contributed by atoms with Gasteiger partial charge in [0, 0.05) is 24.8 Å². The maximum Gasteiger partial charge on any atom is 0.0890 e. The molecular formula is C16H22N2O2. The maximum atomic E-state index is 10.2. The molecule has 3 rings (SSSR count). The Balaban J connectivity index is 1.73. The number of aliphatic hydroxyl groups is 2. The third kappa shape index (κ3) is 2.73. The molecule has 2 aromatic rings. The molecule has 0 spiro atoms. The van der Waals surface area contributed by atoms with E-state index in [2.05, 4.69) is 34.1 Å². The van der Waals surface area contributed by atoms with E-state index in [9.17, 15) is 10.2 Å². The quantitative estimate of drug-likeness (QED) is 0.801. The zero-order chi connectivity index (χ0) is 14.0. The summed E-state index contributed by atoms with van der Waals surface area (Å²) in [4.78, 5) is 5.67. The fourth-order valence-electron chi connectivity index (χ4n) is 3.07. The van der Waals surface area contributed by atoms with Crippen molar-refractivity contribution < 1.29 is 10.2 Å². The number of hydrogen-bond donors (Lipinski definition) is 3. The predicted molar refractivity (Wildman–Crippen MR) is 79.5 cm³/mol. The van der Waals surface area contributed by atoms with E-state index in [1.807, 2.05) is 6.20 Å². The average molecular weight is 274 g/mol. The summed E-state index contributed by atoms with van der Waals surface area (Å²) in [5, 5.41) is 20.7.